The van der Waals surface area contributed by atoms with Gasteiger partial charge >= 0.3 is 0 Å². The van der Waals surface area contributed by atoms with Gasteiger partial charge in [0.1, 0.15) is 22.5 Å². The number of rotatable bonds is 3. The molecule has 36 heavy (non-hydrogen) atoms. The average molecular weight is 508 g/mol. The topological polar surface area (TPSA) is 50.9 Å². The summed E-state index contributed by atoms with van der Waals surface area (Å²) in [5.74, 6) is 0.226. The number of phenolic OH excluding ortho intramolecular Hbond substituents is 1. The molecule has 0 saturated heterocycles. The molecule has 0 aliphatic rings. The molecule has 1 aromatic heterocycles. The van der Waals surface area contributed by atoms with Gasteiger partial charge in [-0.3, -0.25) is 0 Å². The fourth-order valence-corrected chi connectivity index (χ4v) is 3.86. The van der Waals surface area contributed by atoms with Crippen LogP contribution in [0.5, 0.6) is 5.75 Å². The molecule has 3 aromatic carbocycles. The van der Waals surface area contributed by atoms with Crippen LogP contribution in [-0.2, 0) is 11.8 Å². The minimum absolute atomic E-state index is 0. The normalized spacial score (nSPS) is 11.2. The van der Waals surface area contributed by atoms with E-state index < -0.39 is 0 Å². The van der Waals surface area contributed by atoms with Crippen molar-refractivity contribution in [1.82, 2.24) is 15.0 Å². The Kier molecular flexibility index (Phi) is 10.8. The Morgan fingerprint density at radius 1 is 0.833 bits per heavy atom. The lowest BCUT2D eigenvalue weighted by Crippen LogP contribution is -2.13. The number of aryl methyl sites for hydroxylation is 2. The first kappa shape index (κ1) is 31.2. The Bertz CT molecular complexity index is 1250. The molecule has 0 amide bonds. The molecule has 5 heteroatoms. The second-order valence-corrected chi connectivity index (χ2v) is 11.7. The SMILES string of the molecule is C.C.CC(C)(C)CCc1ccccc1.Cc1cc(-n2nc3ccc(S)cc3n2)c(O)c(C(C)(C)C)c1. The van der Waals surface area contributed by atoms with Crippen molar-refractivity contribution >= 4 is 23.7 Å². The number of thiol groups is 1. The Morgan fingerprint density at radius 3 is 2.03 bits per heavy atom. The lowest BCUT2D eigenvalue weighted by molar-refractivity contribution is 0.378. The fraction of sp³-hybridized carbons (Fsp3) is 0.419. The molecule has 4 nitrogen and oxygen atoms in total. The summed E-state index contributed by atoms with van der Waals surface area (Å²) >= 11 is 4.32. The van der Waals surface area contributed by atoms with Crippen LogP contribution in [0.25, 0.3) is 16.7 Å². The highest BCUT2D eigenvalue weighted by Gasteiger charge is 2.22. The van der Waals surface area contributed by atoms with Gasteiger partial charge in [0, 0.05) is 10.5 Å². The highest BCUT2D eigenvalue weighted by molar-refractivity contribution is 7.80. The predicted molar refractivity (Wildman–Crippen MR) is 159 cm³/mol. The molecule has 4 aromatic rings. The number of aromatic hydroxyl groups is 1. The van der Waals surface area contributed by atoms with E-state index in [1.54, 1.807) is 0 Å². The van der Waals surface area contributed by atoms with Crippen molar-refractivity contribution in [3.05, 3.63) is 77.4 Å². The third-order valence-corrected chi connectivity index (χ3v) is 5.91. The van der Waals surface area contributed by atoms with E-state index in [1.807, 2.05) is 37.3 Å². The molecule has 1 heterocycles. The van der Waals surface area contributed by atoms with Crippen molar-refractivity contribution in [2.75, 3.05) is 0 Å². The fourth-order valence-electron chi connectivity index (χ4n) is 3.66. The zero-order valence-electron chi connectivity index (χ0n) is 21.4. The van der Waals surface area contributed by atoms with Crippen LogP contribution in [0.2, 0.25) is 0 Å². The lowest BCUT2D eigenvalue weighted by Gasteiger charge is -2.22. The Balaban J connectivity index is 0.000000399. The number of fused-ring (bicyclic) bond motifs is 1. The van der Waals surface area contributed by atoms with E-state index in [-0.39, 0.29) is 26.0 Å². The van der Waals surface area contributed by atoms with Gasteiger partial charge in [0.2, 0.25) is 0 Å². The number of hydrogen-bond donors (Lipinski definition) is 2. The molecular formula is C31H45N3OS. The van der Waals surface area contributed by atoms with Crippen molar-refractivity contribution < 1.29 is 5.11 Å². The molecule has 0 bridgehead atoms. The summed E-state index contributed by atoms with van der Waals surface area (Å²) < 4.78 is 0. The minimum Gasteiger partial charge on any atom is -0.505 e. The summed E-state index contributed by atoms with van der Waals surface area (Å²) in [6, 6.07) is 20.2. The highest BCUT2D eigenvalue weighted by atomic mass is 32.1. The van der Waals surface area contributed by atoms with E-state index in [4.69, 9.17) is 0 Å². The van der Waals surface area contributed by atoms with Crippen LogP contribution in [0.15, 0.2) is 65.6 Å². The van der Waals surface area contributed by atoms with Crippen LogP contribution < -0.4 is 0 Å². The summed E-state index contributed by atoms with van der Waals surface area (Å²) in [6.07, 6.45) is 2.46. The molecule has 1 N–H and O–H groups in total. The number of nitrogens with zero attached hydrogens (tertiary/aromatic N) is 3. The second-order valence-electron chi connectivity index (χ2n) is 11.1. The van der Waals surface area contributed by atoms with Crippen LogP contribution in [0.3, 0.4) is 0 Å². The first-order chi connectivity index (χ1) is 15.8. The largest absolute Gasteiger partial charge is 0.505 e. The number of phenols is 1. The van der Waals surface area contributed by atoms with Crippen LogP contribution in [0.4, 0.5) is 0 Å². The first-order valence-corrected chi connectivity index (χ1v) is 12.2. The van der Waals surface area contributed by atoms with Gasteiger partial charge in [-0.15, -0.1) is 27.6 Å². The maximum absolute atomic E-state index is 10.7. The molecule has 0 fully saturated rings. The van der Waals surface area contributed by atoms with E-state index in [1.165, 1.54) is 23.2 Å². The van der Waals surface area contributed by atoms with Crippen LogP contribution >= 0.6 is 12.6 Å². The summed E-state index contributed by atoms with van der Waals surface area (Å²) in [6.45, 7) is 15.1. The van der Waals surface area contributed by atoms with Crippen LogP contribution in [0, 0.1) is 12.3 Å². The molecule has 4 rings (SSSR count). The molecule has 0 unspecified atom stereocenters. The summed E-state index contributed by atoms with van der Waals surface area (Å²) in [4.78, 5) is 2.33. The summed E-state index contributed by atoms with van der Waals surface area (Å²) in [5.41, 5.74) is 5.83. The quantitative estimate of drug-likeness (QED) is 0.272. The van der Waals surface area contributed by atoms with Crippen LogP contribution in [0.1, 0.15) is 79.5 Å². The van der Waals surface area contributed by atoms with Gasteiger partial charge in [-0.1, -0.05) is 92.8 Å². The van der Waals surface area contributed by atoms with E-state index >= 15 is 0 Å². The Morgan fingerprint density at radius 2 is 1.44 bits per heavy atom. The van der Waals surface area contributed by atoms with Gasteiger partial charge < -0.3 is 5.11 Å². The second kappa shape index (κ2) is 12.4. The Hall–Kier alpha value is -2.79. The maximum atomic E-state index is 10.7. The molecule has 0 spiro atoms. The van der Waals surface area contributed by atoms with Gasteiger partial charge in [0.15, 0.2) is 0 Å². The van der Waals surface area contributed by atoms with E-state index in [9.17, 15) is 5.11 Å². The summed E-state index contributed by atoms with van der Waals surface area (Å²) in [7, 11) is 0. The first-order valence-electron chi connectivity index (χ1n) is 11.8. The maximum Gasteiger partial charge on any atom is 0.146 e. The van der Waals surface area contributed by atoms with Gasteiger partial charge in [0.25, 0.3) is 0 Å². The summed E-state index contributed by atoms with van der Waals surface area (Å²) in [5, 5.41) is 19.6. The number of aromatic nitrogens is 3. The number of hydrogen-bond acceptors (Lipinski definition) is 4. The zero-order chi connectivity index (χ0) is 25.1. The minimum atomic E-state index is -0.157. The van der Waals surface area contributed by atoms with Crippen molar-refractivity contribution in [1.29, 1.82) is 0 Å². The third kappa shape index (κ3) is 8.41. The van der Waals surface area contributed by atoms with Gasteiger partial charge in [-0.2, -0.15) is 0 Å². The highest BCUT2D eigenvalue weighted by Crippen LogP contribution is 2.36. The van der Waals surface area contributed by atoms with Crippen molar-refractivity contribution in [3.8, 4) is 11.4 Å². The van der Waals surface area contributed by atoms with Crippen molar-refractivity contribution in [2.45, 2.75) is 86.5 Å². The van der Waals surface area contributed by atoms with Crippen LogP contribution in [-0.4, -0.2) is 20.1 Å². The smallest absolute Gasteiger partial charge is 0.146 e. The van der Waals surface area contributed by atoms with Gasteiger partial charge in [-0.25, -0.2) is 0 Å². The standard InChI is InChI=1S/C17H19N3OS.C12H18.2CH4/c1-10-7-12(17(2,3)4)16(21)15(8-10)20-18-13-6-5-11(22)9-14(13)19-20;1-12(2,3)10-9-11-7-5-4-6-8-11;;/h5-9,21-22H,1-4H3;4-8H,9-10H2,1-3H3;2*1H4. The molecule has 0 radical (unpaired) electrons. The van der Waals surface area contributed by atoms with Crippen molar-refractivity contribution in [3.63, 3.8) is 0 Å². The molecule has 0 aliphatic heterocycles. The Labute approximate surface area is 224 Å². The molecular weight excluding hydrogens is 462 g/mol. The monoisotopic (exact) mass is 507 g/mol. The molecule has 0 atom stereocenters. The zero-order valence-corrected chi connectivity index (χ0v) is 22.3. The molecule has 0 saturated carbocycles. The van der Waals surface area contributed by atoms with E-state index in [0.717, 1.165) is 27.1 Å². The molecule has 196 valence electrons. The van der Waals surface area contributed by atoms with Gasteiger partial charge in [-0.05, 0) is 66.0 Å². The van der Waals surface area contributed by atoms with E-state index in [0.29, 0.717) is 11.1 Å². The van der Waals surface area contributed by atoms with Crippen molar-refractivity contribution in [2.24, 2.45) is 5.41 Å². The third-order valence-electron chi connectivity index (χ3n) is 5.63. The molecule has 0 aliphatic carbocycles. The number of benzene rings is 3. The predicted octanol–water partition coefficient (Wildman–Crippen LogP) is 8.96. The van der Waals surface area contributed by atoms with Gasteiger partial charge in [0.05, 0.1) is 0 Å². The van der Waals surface area contributed by atoms with E-state index in [2.05, 4.69) is 94.7 Å². The lowest BCUT2D eigenvalue weighted by atomic mass is 9.85. The average Bonchev–Trinajstić information content (AvgIpc) is 3.16.